The normalized spacial score (nSPS) is 18.3. The first kappa shape index (κ1) is 16.3. The first-order chi connectivity index (χ1) is 10.1. The van der Waals surface area contributed by atoms with E-state index in [2.05, 4.69) is 18.3 Å². The van der Waals surface area contributed by atoms with Gasteiger partial charge in [-0.3, -0.25) is 0 Å². The number of fused-ring (bicyclic) bond motifs is 1. The highest BCUT2D eigenvalue weighted by molar-refractivity contribution is 7.91. The second-order valence-corrected chi connectivity index (χ2v) is 7.88. The maximum atomic E-state index is 11.5. The monoisotopic (exact) mass is 311 g/mol. The molecule has 0 heterocycles. The zero-order valence-corrected chi connectivity index (χ0v) is 13.7. The molecule has 118 valence electrons. The van der Waals surface area contributed by atoms with E-state index in [1.807, 2.05) is 12.1 Å². The Hall–Kier alpha value is -1.07. The van der Waals surface area contributed by atoms with E-state index < -0.39 is 9.84 Å². The molecule has 5 heteroatoms. The average molecular weight is 311 g/mol. The van der Waals surface area contributed by atoms with E-state index in [1.165, 1.54) is 11.1 Å². The van der Waals surface area contributed by atoms with Crippen LogP contribution in [0, 0.1) is 0 Å². The Bertz CT molecular complexity index is 569. The molecule has 0 fully saturated rings. The summed E-state index contributed by atoms with van der Waals surface area (Å²) in [5, 5.41) is 3.51. The number of hydrogen-bond donors (Lipinski definition) is 1. The standard InChI is InChI=1S/C16H25NO3S/c1-3-17-15-9-5-8-14-13(15)7-6-10-16(14)20-11-12-21(18,19)4-2/h6-7,10,15,17H,3-5,8-9,11-12H2,1-2H3. The SMILES string of the molecule is CCNC1CCCc2c(OCCS(=O)(=O)CC)cccc21. The molecule has 1 atom stereocenters. The molecule has 21 heavy (non-hydrogen) atoms. The largest absolute Gasteiger partial charge is 0.492 e. The van der Waals surface area contributed by atoms with Crippen molar-refractivity contribution in [3.8, 4) is 5.75 Å². The molecule has 0 saturated carbocycles. The zero-order valence-electron chi connectivity index (χ0n) is 12.9. The maximum absolute atomic E-state index is 11.5. The Labute approximate surface area is 127 Å². The van der Waals surface area contributed by atoms with Crippen molar-refractivity contribution in [3.05, 3.63) is 29.3 Å². The Morgan fingerprint density at radius 1 is 1.33 bits per heavy atom. The maximum Gasteiger partial charge on any atom is 0.153 e. The van der Waals surface area contributed by atoms with Crippen molar-refractivity contribution in [2.45, 2.75) is 39.2 Å². The first-order valence-corrected chi connectivity index (χ1v) is 9.58. The Morgan fingerprint density at radius 2 is 2.14 bits per heavy atom. The van der Waals surface area contributed by atoms with Gasteiger partial charge in [-0.2, -0.15) is 0 Å². The van der Waals surface area contributed by atoms with Crippen LogP contribution in [0.25, 0.3) is 0 Å². The van der Waals surface area contributed by atoms with Gasteiger partial charge in [0.15, 0.2) is 9.84 Å². The van der Waals surface area contributed by atoms with E-state index in [0.717, 1.165) is 31.6 Å². The van der Waals surface area contributed by atoms with E-state index >= 15 is 0 Å². The van der Waals surface area contributed by atoms with Gasteiger partial charge < -0.3 is 10.1 Å². The Kier molecular flexibility index (Phi) is 5.65. The lowest BCUT2D eigenvalue weighted by atomic mass is 9.87. The molecule has 4 nitrogen and oxygen atoms in total. The van der Waals surface area contributed by atoms with Crippen molar-refractivity contribution < 1.29 is 13.2 Å². The van der Waals surface area contributed by atoms with Gasteiger partial charge in [-0.05, 0) is 43.0 Å². The van der Waals surface area contributed by atoms with Crippen LogP contribution in [0.5, 0.6) is 5.75 Å². The third kappa shape index (κ3) is 4.20. The van der Waals surface area contributed by atoms with Crippen LogP contribution in [-0.2, 0) is 16.3 Å². The molecule has 1 N–H and O–H groups in total. The molecule has 1 unspecified atom stereocenters. The second kappa shape index (κ2) is 7.27. The van der Waals surface area contributed by atoms with Gasteiger partial charge >= 0.3 is 0 Å². The molecule has 1 aromatic rings. The molecule has 0 radical (unpaired) electrons. The van der Waals surface area contributed by atoms with Crippen LogP contribution in [0.2, 0.25) is 0 Å². The quantitative estimate of drug-likeness (QED) is 0.840. The van der Waals surface area contributed by atoms with Crippen molar-refractivity contribution in [1.82, 2.24) is 5.32 Å². The van der Waals surface area contributed by atoms with Crippen molar-refractivity contribution in [3.63, 3.8) is 0 Å². The molecule has 1 aliphatic rings. The molecule has 0 saturated heterocycles. The number of ether oxygens (including phenoxy) is 1. The predicted octanol–water partition coefficient (Wildman–Crippen LogP) is 2.49. The van der Waals surface area contributed by atoms with Crippen molar-refractivity contribution in [1.29, 1.82) is 0 Å². The van der Waals surface area contributed by atoms with E-state index in [1.54, 1.807) is 6.92 Å². The van der Waals surface area contributed by atoms with Crippen LogP contribution >= 0.6 is 0 Å². The summed E-state index contributed by atoms with van der Waals surface area (Å²) in [7, 11) is -2.97. The predicted molar refractivity (Wildman–Crippen MR) is 85.6 cm³/mol. The molecule has 2 rings (SSSR count). The molecule has 0 aromatic heterocycles. The molecule has 0 amide bonds. The van der Waals surface area contributed by atoms with Crippen LogP contribution in [-0.4, -0.2) is 33.1 Å². The summed E-state index contributed by atoms with van der Waals surface area (Å²) in [5.74, 6) is 1.11. The van der Waals surface area contributed by atoms with Gasteiger partial charge in [0.05, 0.1) is 5.75 Å². The number of nitrogens with one attached hydrogen (secondary N) is 1. The molecule has 0 aliphatic heterocycles. The summed E-state index contributed by atoms with van der Waals surface area (Å²) in [4.78, 5) is 0. The average Bonchev–Trinajstić information content (AvgIpc) is 2.48. The van der Waals surface area contributed by atoms with Crippen LogP contribution < -0.4 is 10.1 Å². The lowest BCUT2D eigenvalue weighted by Crippen LogP contribution is -2.25. The van der Waals surface area contributed by atoms with E-state index in [9.17, 15) is 8.42 Å². The Morgan fingerprint density at radius 3 is 2.86 bits per heavy atom. The second-order valence-electron chi connectivity index (χ2n) is 5.41. The number of rotatable bonds is 7. The van der Waals surface area contributed by atoms with E-state index in [0.29, 0.717) is 6.04 Å². The van der Waals surface area contributed by atoms with Crippen LogP contribution in [0.1, 0.15) is 43.9 Å². The highest BCUT2D eigenvalue weighted by Gasteiger charge is 2.22. The zero-order chi connectivity index (χ0) is 15.3. The molecule has 0 bridgehead atoms. The van der Waals surface area contributed by atoms with Crippen molar-refractivity contribution >= 4 is 9.84 Å². The topological polar surface area (TPSA) is 55.4 Å². The smallest absolute Gasteiger partial charge is 0.153 e. The molecular formula is C16H25NO3S. The fraction of sp³-hybridized carbons (Fsp3) is 0.625. The summed E-state index contributed by atoms with van der Waals surface area (Å²) < 4.78 is 28.8. The third-order valence-corrected chi connectivity index (χ3v) is 5.67. The summed E-state index contributed by atoms with van der Waals surface area (Å²) in [6.45, 7) is 4.97. The Balaban J connectivity index is 2.09. The first-order valence-electron chi connectivity index (χ1n) is 7.75. The van der Waals surface area contributed by atoms with Crippen LogP contribution in [0.15, 0.2) is 18.2 Å². The lowest BCUT2D eigenvalue weighted by molar-refractivity contribution is 0.332. The van der Waals surface area contributed by atoms with Gasteiger partial charge in [-0.15, -0.1) is 0 Å². The fourth-order valence-electron chi connectivity index (χ4n) is 2.83. The summed E-state index contributed by atoms with van der Waals surface area (Å²) in [6.07, 6.45) is 3.29. The third-order valence-electron chi connectivity index (χ3n) is 4.01. The van der Waals surface area contributed by atoms with Gasteiger partial charge in [-0.25, -0.2) is 8.42 Å². The number of benzene rings is 1. The summed E-state index contributed by atoms with van der Waals surface area (Å²) in [6, 6.07) is 6.49. The van der Waals surface area contributed by atoms with E-state index in [-0.39, 0.29) is 18.1 Å². The summed E-state index contributed by atoms with van der Waals surface area (Å²) >= 11 is 0. The molecular weight excluding hydrogens is 286 g/mol. The molecule has 1 aromatic carbocycles. The minimum Gasteiger partial charge on any atom is -0.492 e. The van der Waals surface area contributed by atoms with Crippen LogP contribution in [0.3, 0.4) is 0 Å². The van der Waals surface area contributed by atoms with Crippen LogP contribution in [0.4, 0.5) is 0 Å². The minimum absolute atomic E-state index is 0.0871. The van der Waals surface area contributed by atoms with Gasteiger partial charge in [0, 0.05) is 11.8 Å². The molecule has 1 aliphatic carbocycles. The minimum atomic E-state index is -2.97. The highest BCUT2D eigenvalue weighted by Crippen LogP contribution is 2.35. The van der Waals surface area contributed by atoms with Gasteiger partial charge in [0.2, 0.25) is 0 Å². The van der Waals surface area contributed by atoms with E-state index in [4.69, 9.17) is 4.74 Å². The lowest BCUT2D eigenvalue weighted by Gasteiger charge is -2.27. The summed E-state index contributed by atoms with van der Waals surface area (Å²) in [5.41, 5.74) is 2.54. The van der Waals surface area contributed by atoms with Gasteiger partial charge in [0.1, 0.15) is 12.4 Å². The molecule has 0 spiro atoms. The number of hydrogen-bond acceptors (Lipinski definition) is 4. The van der Waals surface area contributed by atoms with Crippen molar-refractivity contribution in [2.75, 3.05) is 24.7 Å². The fourth-order valence-corrected chi connectivity index (χ4v) is 3.46. The highest BCUT2D eigenvalue weighted by atomic mass is 32.2. The van der Waals surface area contributed by atoms with Gasteiger partial charge in [0.25, 0.3) is 0 Å². The van der Waals surface area contributed by atoms with Crippen molar-refractivity contribution in [2.24, 2.45) is 0 Å². The van der Waals surface area contributed by atoms with Gasteiger partial charge in [-0.1, -0.05) is 26.0 Å². The number of sulfone groups is 1.